The van der Waals surface area contributed by atoms with Crippen molar-refractivity contribution in [2.75, 3.05) is 13.2 Å². The number of aromatic nitrogens is 3. The fourth-order valence-electron chi connectivity index (χ4n) is 3.43. The van der Waals surface area contributed by atoms with Crippen molar-refractivity contribution in [3.63, 3.8) is 0 Å². The Morgan fingerprint density at radius 2 is 2.14 bits per heavy atom. The SMILES string of the molecule is CC(C)c1cc(C(=O)N2CC(COc3cccnc3C(F)(F)F)CCC2C)[nH]n1. The average molecular weight is 410 g/mol. The van der Waals surface area contributed by atoms with Crippen LogP contribution in [0.5, 0.6) is 5.75 Å². The number of halogens is 3. The highest BCUT2D eigenvalue weighted by Gasteiger charge is 2.37. The summed E-state index contributed by atoms with van der Waals surface area (Å²) >= 11 is 0. The lowest BCUT2D eigenvalue weighted by Crippen LogP contribution is -2.47. The Morgan fingerprint density at radius 1 is 1.38 bits per heavy atom. The maximum absolute atomic E-state index is 13.1. The molecule has 1 amide bonds. The van der Waals surface area contributed by atoms with Gasteiger partial charge in [-0.15, -0.1) is 0 Å². The summed E-state index contributed by atoms with van der Waals surface area (Å²) in [5.41, 5.74) is 0.207. The molecule has 2 atom stereocenters. The highest BCUT2D eigenvalue weighted by Crippen LogP contribution is 2.34. The molecule has 0 saturated carbocycles. The number of nitrogens with zero attached hydrogens (tertiary/aromatic N) is 3. The standard InChI is InChI=1S/C20H25F3N4O2/c1-12(2)15-9-16(26-25-15)19(28)27-10-14(7-6-13(27)3)11-29-17-5-4-8-24-18(17)20(21,22)23/h4-5,8-9,12-14H,6-7,10-11H2,1-3H3,(H,25,26). The first-order valence-corrected chi connectivity index (χ1v) is 9.68. The zero-order valence-corrected chi connectivity index (χ0v) is 16.7. The molecule has 1 saturated heterocycles. The summed E-state index contributed by atoms with van der Waals surface area (Å²) < 4.78 is 44.7. The number of carbonyl (C=O) groups excluding carboxylic acids is 1. The number of carbonyl (C=O) groups is 1. The van der Waals surface area contributed by atoms with E-state index in [0.717, 1.165) is 24.7 Å². The minimum atomic E-state index is -4.57. The van der Waals surface area contributed by atoms with Gasteiger partial charge in [0.1, 0.15) is 11.4 Å². The molecule has 2 unspecified atom stereocenters. The first kappa shape index (κ1) is 21.1. The number of H-pyrrole nitrogens is 1. The molecule has 0 bridgehead atoms. The van der Waals surface area contributed by atoms with Crippen LogP contribution in [0.2, 0.25) is 0 Å². The van der Waals surface area contributed by atoms with Gasteiger partial charge >= 0.3 is 6.18 Å². The number of rotatable bonds is 5. The van der Waals surface area contributed by atoms with Gasteiger partial charge in [-0.2, -0.15) is 18.3 Å². The van der Waals surface area contributed by atoms with E-state index in [4.69, 9.17) is 4.74 Å². The van der Waals surface area contributed by atoms with Crippen molar-refractivity contribution in [2.24, 2.45) is 5.92 Å². The smallest absolute Gasteiger partial charge is 0.437 e. The monoisotopic (exact) mass is 410 g/mol. The third-order valence-electron chi connectivity index (χ3n) is 5.17. The zero-order valence-electron chi connectivity index (χ0n) is 16.7. The second-order valence-electron chi connectivity index (χ2n) is 7.77. The van der Waals surface area contributed by atoms with Crippen molar-refractivity contribution in [1.82, 2.24) is 20.1 Å². The third-order valence-corrected chi connectivity index (χ3v) is 5.17. The second kappa shape index (κ2) is 8.42. The van der Waals surface area contributed by atoms with Gasteiger partial charge in [-0.1, -0.05) is 13.8 Å². The molecule has 3 heterocycles. The number of hydrogen-bond acceptors (Lipinski definition) is 4. The molecule has 29 heavy (non-hydrogen) atoms. The van der Waals surface area contributed by atoms with Gasteiger partial charge in [-0.05, 0) is 43.9 Å². The third kappa shape index (κ3) is 4.89. The van der Waals surface area contributed by atoms with Gasteiger partial charge in [0.15, 0.2) is 5.69 Å². The molecule has 2 aromatic rings. The minimum absolute atomic E-state index is 0.0358. The van der Waals surface area contributed by atoms with Crippen LogP contribution in [-0.2, 0) is 6.18 Å². The van der Waals surface area contributed by atoms with Crippen molar-refractivity contribution in [3.8, 4) is 5.75 Å². The Hall–Kier alpha value is -2.58. The summed E-state index contributed by atoms with van der Waals surface area (Å²) in [7, 11) is 0. The molecular weight excluding hydrogens is 385 g/mol. The highest BCUT2D eigenvalue weighted by molar-refractivity contribution is 5.92. The molecule has 1 fully saturated rings. The van der Waals surface area contributed by atoms with Gasteiger partial charge in [0, 0.05) is 24.7 Å². The number of hydrogen-bond donors (Lipinski definition) is 1. The average Bonchev–Trinajstić information content (AvgIpc) is 3.17. The summed E-state index contributed by atoms with van der Waals surface area (Å²) in [5, 5.41) is 6.97. The molecule has 1 N–H and O–H groups in total. The van der Waals surface area contributed by atoms with Crippen LogP contribution in [0.4, 0.5) is 13.2 Å². The molecule has 0 aromatic carbocycles. The second-order valence-corrected chi connectivity index (χ2v) is 7.77. The Morgan fingerprint density at radius 3 is 2.79 bits per heavy atom. The van der Waals surface area contributed by atoms with E-state index in [1.165, 1.54) is 12.1 Å². The number of amides is 1. The molecule has 0 spiro atoms. The zero-order chi connectivity index (χ0) is 21.2. The summed E-state index contributed by atoms with van der Waals surface area (Å²) in [5.74, 6) is -0.301. The van der Waals surface area contributed by atoms with Crippen LogP contribution in [0.25, 0.3) is 0 Å². The van der Waals surface area contributed by atoms with Gasteiger partial charge < -0.3 is 9.64 Å². The van der Waals surface area contributed by atoms with Crippen LogP contribution in [0.1, 0.15) is 61.4 Å². The number of aromatic amines is 1. The van der Waals surface area contributed by atoms with E-state index in [2.05, 4.69) is 15.2 Å². The molecule has 3 rings (SSSR count). The Kier molecular flexibility index (Phi) is 6.14. The van der Waals surface area contributed by atoms with Gasteiger partial charge in [-0.3, -0.25) is 9.89 Å². The first-order chi connectivity index (χ1) is 13.7. The molecule has 2 aromatic heterocycles. The van der Waals surface area contributed by atoms with Crippen molar-refractivity contribution in [1.29, 1.82) is 0 Å². The van der Waals surface area contributed by atoms with E-state index in [1.54, 1.807) is 11.0 Å². The van der Waals surface area contributed by atoms with E-state index in [9.17, 15) is 18.0 Å². The summed E-state index contributed by atoms with van der Waals surface area (Å²) in [6.45, 7) is 6.46. The fourth-order valence-corrected chi connectivity index (χ4v) is 3.43. The topological polar surface area (TPSA) is 71.1 Å². The van der Waals surface area contributed by atoms with Crippen LogP contribution < -0.4 is 4.74 Å². The molecule has 6 nitrogen and oxygen atoms in total. The molecule has 9 heteroatoms. The normalized spacial score (nSPS) is 20.2. The Balaban J connectivity index is 1.66. The number of pyridine rings is 1. The van der Waals surface area contributed by atoms with Gasteiger partial charge in [-0.25, -0.2) is 4.98 Å². The van der Waals surface area contributed by atoms with Gasteiger partial charge in [0.2, 0.25) is 0 Å². The Labute approximate surface area is 167 Å². The maximum atomic E-state index is 13.1. The van der Waals surface area contributed by atoms with Crippen LogP contribution in [0.15, 0.2) is 24.4 Å². The number of piperidine rings is 1. The highest BCUT2D eigenvalue weighted by atomic mass is 19.4. The summed E-state index contributed by atoms with van der Waals surface area (Å²) in [6, 6.07) is 4.47. The van der Waals surface area contributed by atoms with Crippen molar-refractivity contribution >= 4 is 5.91 Å². The number of ether oxygens (including phenoxy) is 1. The lowest BCUT2D eigenvalue weighted by molar-refractivity contribution is -0.142. The molecule has 1 aliphatic heterocycles. The fraction of sp³-hybridized carbons (Fsp3) is 0.550. The van der Waals surface area contributed by atoms with E-state index in [0.29, 0.717) is 12.2 Å². The minimum Gasteiger partial charge on any atom is -0.491 e. The van der Waals surface area contributed by atoms with E-state index in [-0.39, 0.29) is 36.1 Å². The molecule has 158 valence electrons. The number of nitrogens with one attached hydrogen (secondary N) is 1. The molecular formula is C20H25F3N4O2. The molecule has 1 aliphatic rings. The maximum Gasteiger partial charge on any atom is 0.437 e. The quantitative estimate of drug-likeness (QED) is 0.799. The van der Waals surface area contributed by atoms with E-state index >= 15 is 0 Å². The molecule has 0 radical (unpaired) electrons. The predicted molar refractivity (Wildman–Crippen MR) is 101 cm³/mol. The summed E-state index contributed by atoms with van der Waals surface area (Å²) in [6.07, 6.45) is -1.96. The lowest BCUT2D eigenvalue weighted by atomic mass is 9.93. The van der Waals surface area contributed by atoms with Crippen molar-refractivity contribution in [3.05, 3.63) is 41.5 Å². The van der Waals surface area contributed by atoms with E-state index in [1.807, 2.05) is 20.8 Å². The summed E-state index contributed by atoms with van der Waals surface area (Å²) in [4.78, 5) is 18.0. The van der Waals surface area contributed by atoms with Crippen LogP contribution >= 0.6 is 0 Å². The van der Waals surface area contributed by atoms with E-state index < -0.39 is 11.9 Å². The molecule has 0 aliphatic carbocycles. The lowest BCUT2D eigenvalue weighted by Gasteiger charge is -2.37. The predicted octanol–water partition coefficient (Wildman–Crippen LogP) is 4.27. The number of likely N-dealkylation sites (tertiary alicyclic amines) is 1. The van der Waals surface area contributed by atoms with Gasteiger partial charge in [0.05, 0.1) is 12.3 Å². The van der Waals surface area contributed by atoms with Crippen molar-refractivity contribution in [2.45, 2.75) is 51.7 Å². The van der Waals surface area contributed by atoms with Gasteiger partial charge in [0.25, 0.3) is 5.91 Å². The van der Waals surface area contributed by atoms with Crippen molar-refractivity contribution < 1.29 is 22.7 Å². The first-order valence-electron chi connectivity index (χ1n) is 9.68. The van der Waals surface area contributed by atoms with Crippen LogP contribution in [0.3, 0.4) is 0 Å². The largest absolute Gasteiger partial charge is 0.491 e. The van der Waals surface area contributed by atoms with Crippen LogP contribution in [0, 0.1) is 5.92 Å². The number of alkyl halides is 3. The Bertz CT molecular complexity index is 850. The van der Waals surface area contributed by atoms with Crippen LogP contribution in [-0.4, -0.2) is 45.2 Å².